The van der Waals surface area contributed by atoms with E-state index < -0.39 is 0 Å². The molecule has 0 atom stereocenters. The summed E-state index contributed by atoms with van der Waals surface area (Å²) in [5.41, 5.74) is 3.07. The summed E-state index contributed by atoms with van der Waals surface area (Å²) < 4.78 is 6.05. The van der Waals surface area contributed by atoms with Crippen molar-refractivity contribution in [1.82, 2.24) is 20.0 Å². The molecule has 0 saturated carbocycles. The van der Waals surface area contributed by atoms with Crippen LogP contribution in [0.2, 0.25) is 5.02 Å². The van der Waals surface area contributed by atoms with E-state index in [4.69, 9.17) is 16.3 Å². The fraction of sp³-hybridized carbons (Fsp3) is 0.273. The van der Waals surface area contributed by atoms with E-state index in [-0.39, 0.29) is 11.5 Å². The van der Waals surface area contributed by atoms with Gasteiger partial charge in [-0.25, -0.2) is 0 Å². The maximum atomic E-state index is 13.0. The van der Waals surface area contributed by atoms with E-state index in [0.717, 1.165) is 42.6 Å². The Morgan fingerprint density at radius 1 is 1.21 bits per heavy atom. The first-order valence-corrected chi connectivity index (χ1v) is 10.1. The largest absolute Gasteiger partial charge is 0.452 e. The molecule has 1 saturated heterocycles. The summed E-state index contributed by atoms with van der Waals surface area (Å²) in [5.74, 6) is 0.734. The summed E-state index contributed by atoms with van der Waals surface area (Å²) in [6.07, 6.45) is 1.70. The van der Waals surface area contributed by atoms with Crippen LogP contribution in [0, 0.1) is 0 Å². The molecule has 0 bridgehead atoms. The van der Waals surface area contributed by atoms with E-state index in [0.29, 0.717) is 28.6 Å². The van der Waals surface area contributed by atoms with Gasteiger partial charge in [-0.15, -0.1) is 0 Å². The van der Waals surface area contributed by atoms with Gasteiger partial charge in [-0.2, -0.15) is 5.10 Å². The maximum Gasteiger partial charge on any atom is 0.232 e. The number of likely N-dealkylation sites (N-methyl/N-ethyl adjacent to an activating group) is 1. The second-order valence-corrected chi connectivity index (χ2v) is 8.05. The first-order chi connectivity index (χ1) is 14.1. The molecule has 1 N–H and O–H groups in total. The Hall–Kier alpha value is -2.67. The number of rotatable bonds is 3. The van der Waals surface area contributed by atoms with Gasteiger partial charge in [-0.05, 0) is 25.2 Å². The van der Waals surface area contributed by atoms with Crippen LogP contribution in [0.15, 0.2) is 42.2 Å². The molecule has 1 fully saturated rings. The quantitative estimate of drug-likeness (QED) is 0.671. The molecule has 5 rings (SSSR count). The molecule has 0 radical (unpaired) electrons. The molecule has 1 aromatic heterocycles. The molecule has 0 aliphatic carbocycles. The molecule has 0 amide bonds. The molecular weight excluding hydrogens is 388 g/mol. The molecule has 2 aliphatic rings. The fourth-order valence-corrected chi connectivity index (χ4v) is 4.15. The minimum absolute atomic E-state index is 0.158. The second-order valence-electron chi connectivity index (χ2n) is 7.62. The molecule has 2 aliphatic heterocycles. The van der Waals surface area contributed by atoms with Gasteiger partial charge in [0.05, 0.1) is 16.8 Å². The van der Waals surface area contributed by atoms with Crippen LogP contribution in [0.5, 0.6) is 5.75 Å². The molecular formula is C22H21ClN4O2. The third kappa shape index (κ3) is 3.44. The molecule has 148 valence electrons. The SMILES string of the molecule is CN1CCN(Cc2cc(Cl)cc3c2OC(=Cc2n[nH]c4ccccc24)C3=O)CC1. The number of nitrogens with one attached hydrogen (secondary N) is 1. The number of ketones is 1. The van der Waals surface area contributed by atoms with Gasteiger partial charge in [-0.3, -0.25) is 14.8 Å². The molecule has 0 spiro atoms. The highest BCUT2D eigenvalue weighted by atomic mass is 35.5. The Bertz CT molecular complexity index is 1130. The highest BCUT2D eigenvalue weighted by molar-refractivity contribution is 6.31. The van der Waals surface area contributed by atoms with Gasteiger partial charge in [0.15, 0.2) is 5.76 Å². The summed E-state index contributed by atoms with van der Waals surface area (Å²) in [5, 5.41) is 8.81. The van der Waals surface area contributed by atoms with Gasteiger partial charge in [0.25, 0.3) is 0 Å². The Morgan fingerprint density at radius 2 is 2.00 bits per heavy atom. The van der Waals surface area contributed by atoms with Crippen LogP contribution in [0.1, 0.15) is 21.6 Å². The van der Waals surface area contributed by atoms with Gasteiger partial charge < -0.3 is 9.64 Å². The number of para-hydroxylation sites is 1. The van der Waals surface area contributed by atoms with Crippen LogP contribution in [0.4, 0.5) is 0 Å². The predicted octanol–water partition coefficient (Wildman–Crippen LogP) is 3.58. The molecule has 3 heterocycles. The average Bonchev–Trinajstić information content (AvgIpc) is 3.26. The van der Waals surface area contributed by atoms with Crippen LogP contribution in [0.25, 0.3) is 17.0 Å². The fourth-order valence-electron chi connectivity index (χ4n) is 3.91. The van der Waals surface area contributed by atoms with Crippen molar-refractivity contribution in [3.8, 4) is 5.75 Å². The highest BCUT2D eigenvalue weighted by Gasteiger charge is 2.31. The standard InChI is InChI=1S/C22H21ClN4O2/c1-26-6-8-27(9-7-26)13-14-10-15(23)11-17-21(28)20(29-22(14)17)12-19-16-4-2-3-5-18(16)24-25-19/h2-5,10-12H,6-9,13H2,1H3,(H,24,25). The number of allylic oxidation sites excluding steroid dienone is 1. The normalized spacial score (nSPS) is 19.1. The van der Waals surface area contributed by atoms with E-state index in [1.54, 1.807) is 12.1 Å². The Balaban J connectivity index is 1.47. The number of hydrogen-bond donors (Lipinski definition) is 1. The second kappa shape index (κ2) is 7.30. The summed E-state index contributed by atoms with van der Waals surface area (Å²) in [4.78, 5) is 17.7. The predicted molar refractivity (Wildman–Crippen MR) is 113 cm³/mol. The molecule has 6 nitrogen and oxygen atoms in total. The number of H-pyrrole nitrogens is 1. The third-order valence-electron chi connectivity index (χ3n) is 5.57. The van der Waals surface area contributed by atoms with E-state index in [1.165, 1.54) is 0 Å². The monoisotopic (exact) mass is 408 g/mol. The summed E-state index contributed by atoms with van der Waals surface area (Å²) in [7, 11) is 2.13. The van der Waals surface area contributed by atoms with Crippen LogP contribution < -0.4 is 4.74 Å². The van der Waals surface area contributed by atoms with Crippen molar-refractivity contribution in [1.29, 1.82) is 0 Å². The van der Waals surface area contributed by atoms with Gasteiger partial charge in [0.1, 0.15) is 5.75 Å². The van der Waals surface area contributed by atoms with Crippen LogP contribution in [0.3, 0.4) is 0 Å². The summed E-state index contributed by atoms with van der Waals surface area (Å²) in [6, 6.07) is 11.4. The molecule has 3 aromatic rings. The van der Waals surface area contributed by atoms with E-state index in [1.807, 2.05) is 30.3 Å². The number of carbonyl (C=O) groups is 1. The lowest BCUT2D eigenvalue weighted by Gasteiger charge is -2.32. The van der Waals surface area contributed by atoms with Crippen molar-refractivity contribution >= 4 is 34.4 Å². The molecule has 7 heteroatoms. The topological polar surface area (TPSA) is 61.5 Å². The minimum Gasteiger partial charge on any atom is -0.452 e. The van der Waals surface area contributed by atoms with Crippen LogP contribution >= 0.6 is 11.6 Å². The zero-order valence-corrected chi connectivity index (χ0v) is 16.9. The molecule has 2 aromatic carbocycles. The molecule has 0 unspecified atom stereocenters. The smallest absolute Gasteiger partial charge is 0.232 e. The lowest BCUT2D eigenvalue weighted by atomic mass is 10.1. The number of Topliss-reactive ketones (excluding diaryl/α,β-unsaturated/α-hetero) is 1. The number of fused-ring (bicyclic) bond motifs is 2. The zero-order chi connectivity index (χ0) is 20.0. The van der Waals surface area contributed by atoms with Crippen LogP contribution in [-0.4, -0.2) is 59.0 Å². The van der Waals surface area contributed by atoms with Gasteiger partial charge in [0.2, 0.25) is 5.78 Å². The number of piperazine rings is 1. The Labute approximate surface area is 173 Å². The van der Waals surface area contributed by atoms with Gasteiger partial charge in [-0.1, -0.05) is 29.8 Å². The van der Waals surface area contributed by atoms with E-state index >= 15 is 0 Å². The third-order valence-corrected chi connectivity index (χ3v) is 5.79. The Kier molecular flexibility index (Phi) is 4.62. The van der Waals surface area contributed by atoms with Crippen molar-refractivity contribution in [2.45, 2.75) is 6.54 Å². The number of aromatic amines is 1. The minimum atomic E-state index is -0.158. The van der Waals surface area contributed by atoms with Crippen molar-refractivity contribution in [2.75, 3.05) is 33.2 Å². The highest BCUT2D eigenvalue weighted by Crippen LogP contribution is 2.38. The Morgan fingerprint density at radius 3 is 2.83 bits per heavy atom. The van der Waals surface area contributed by atoms with Gasteiger partial charge in [0, 0.05) is 54.8 Å². The molecule has 29 heavy (non-hydrogen) atoms. The number of nitrogens with zero attached hydrogens (tertiary/aromatic N) is 3. The number of halogens is 1. The zero-order valence-electron chi connectivity index (χ0n) is 16.1. The average molecular weight is 409 g/mol. The van der Waals surface area contributed by atoms with Crippen molar-refractivity contribution in [2.24, 2.45) is 0 Å². The van der Waals surface area contributed by atoms with Crippen molar-refractivity contribution in [3.05, 3.63) is 64.0 Å². The number of hydrogen-bond acceptors (Lipinski definition) is 5. The number of ether oxygens (including phenoxy) is 1. The lowest BCUT2D eigenvalue weighted by molar-refractivity contribution is 0.101. The van der Waals surface area contributed by atoms with Crippen LogP contribution in [-0.2, 0) is 6.54 Å². The summed E-state index contributed by atoms with van der Waals surface area (Å²) in [6.45, 7) is 4.73. The summed E-state index contributed by atoms with van der Waals surface area (Å²) >= 11 is 6.33. The number of aromatic nitrogens is 2. The van der Waals surface area contributed by atoms with Crippen molar-refractivity contribution in [3.63, 3.8) is 0 Å². The first kappa shape index (κ1) is 18.4. The van der Waals surface area contributed by atoms with E-state index in [9.17, 15) is 4.79 Å². The lowest BCUT2D eigenvalue weighted by Crippen LogP contribution is -2.43. The maximum absolute atomic E-state index is 13.0. The number of carbonyl (C=O) groups excluding carboxylic acids is 1. The first-order valence-electron chi connectivity index (χ1n) is 9.69. The van der Waals surface area contributed by atoms with Gasteiger partial charge >= 0.3 is 0 Å². The van der Waals surface area contributed by atoms with E-state index in [2.05, 4.69) is 27.0 Å². The van der Waals surface area contributed by atoms with Crippen molar-refractivity contribution < 1.29 is 9.53 Å². The number of benzene rings is 2.